The molecule has 0 atom stereocenters. The van der Waals surface area contributed by atoms with Crippen molar-refractivity contribution in [1.29, 1.82) is 0 Å². The summed E-state index contributed by atoms with van der Waals surface area (Å²) in [6.45, 7) is 0. The summed E-state index contributed by atoms with van der Waals surface area (Å²) in [5.41, 5.74) is 6.78. The molecule has 0 aliphatic carbocycles. The smallest absolute Gasteiger partial charge is 0.182 e. The highest BCUT2D eigenvalue weighted by Crippen LogP contribution is 2.09. The Morgan fingerprint density at radius 3 is 2.06 bits per heavy atom. The lowest BCUT2D eigenvalue weighted by atomic mass is 10.4. The molecule has 0 unspecified atom stereocenters. The number of nitrogens with zero attached hydrogens (tertiary/aromatic N) is 3. The maximum atomic E-state index is 5.48. The van der Waals surface area contributed by atoms with Crippen LogP contribution in [0.5, 0.6) is 0 Å². The zero-order valence-corrected chi connectivity index (χ0v) is 8.54. The number of fused-ring (bicyclic) bond motifs is 1. The van der Waals surface area contributed by atoms with Crippen LogP contribution in [-0.4, -0.2) is 19.9 Å². The molecule has 0 spiro atoms. The Kier molecular flexibility index (Phi) is 3.08. The highest BCUT2D eigenvalue weighted by atomic mass is 15.0. The molecule has 0 saturated carbocycles. The van der Waals surface area contributed by atoms with Gasteiger partial charge in [-0.15, -0.1) is 0 Å². The van der Waals surface area contributed by atoms with Crippen molar-refractivity contribution >= 4 is 17.0 Å². The van der Waals surface area contributed by atoms with Gasteiger partial charge < -0.3 is 10.7 Å². The number of nitrogens with two attached hydrogens (primary N) is 1. The monoisotopic (exact) mass is 213 g/mol. The van der Waals surface area contributed by atoms with E-state index in [1.165, 1.54) is 12.7 Å². The molecule has 2 aromatic heterocycles. The van der Waals surface area contributed by atoms with Crippen LogP contribution in [0, 0.1) is 0 Å². The lowest BCUT2D eigenvalue weighted by Gasteiger charge is -1.89. The molecule has 2 heterocycles. The van der Waals surface area contributed by atoms with Crippen molar-refractivity contribution in [3.8, 4) is 0 Å². The number of rotatable bonds is 0. The maximum absolute atomic E-state index is 5.48. The number of benzene rings is 1. The summed E-state index contributed by atoms with van der Waals surface area (Å²) in [4.78, 5) is 14.4. The normalized spacial score (nSPS) is 9.50. The van der Waals surface area contributed by atoms with Crippen LogP contribution in [0.15, 0.2) is 49.1 Å². The molecule has 1 aromatic carbocycles. The van der Waals surface area contributed by atoms with E-state index in [1.54, 1.807) is 0 Å². The minimum Gasteiger partial charge on any atom is -0.382 e. The molecule has 3 N–H and O–H groups in total. The second-order valence-corrected chi connectivity index (χ2v) is 3.01. The predicted molar refractivity (Wildman–Crippen MR) is 62.5 cm³/mol. The number of aromatic nitrogens is 4. The van der Waals surface area contributed by atoms with Crippen molar-refractivity contribution < 1.29 is 0 Å². The molecule has 0 aliphatic heterocycles. The molecule has 0 aliphatic rings. The highest BCUT2D eigenvalue weighted by molar-refractivity contribution is 5.80. The third kappa shape index (κ3) is 2.33. The van der Waals surface area contributed by atoms with Gasteiger partial charge in [0.1, 0.15) is 11.8 Å². The van der Waals surface area contributed by atoms with E-state index in [4.69, 9.17) is 5.73 Å². The van der Waals surface area contributed by atoms with E-state index >= 15 is 0 Å². The first-order valence-electron chi connectivity index (χ1n) is 4.77. The van der Waals surface area contributed by atoms with Gasteiger partial charge in [0.2, 0.25) is 0 Å². The summed E-state index contributed by atoms with van der Waals surface area (Å²) < 4.78 is 0. The summed E-state index contributed by atoms with van der Waals surface area (Å²) in [6.07, 6.45) is 2.92. The van der Waals surface area contributed by atoms with Crippen molar-refractivity contribution in [1.82, 2.24) is 19.9 Å². The number of hydrogen-bond acceptors (Lipinski definition) is 4. The fraction of sp³-hybridized carbons (Fsp3) is 0. The molecule has 0 saturated heterocycles. The van der Waals surface area contributed by atoms with E-state index in [0.29, 0.717) is 17.0 Å². The zero-order valence-electron chi connectivity index (χ0n) is 8.54. The second-order valence-electron chi connectivity index (χ2n) is 3.01. The van der Waals surface area contributed by atoms with E-state index in [9.17, 15) is 0 Å². The number of hydrogen-bond donors (Lipinski definition) is 2. The number of nitrogens with one attached hydrogen (secondary N) is 1. The van der Waals surface area contributed by atoms with E-state index < -0.39 is 0 Å². The van der Waals surface area contributed by atoms with Gasteiger partial charge in [-0.05, 0) is 0 Å². The van der Waals surface area contributed by atoms with Crippen molar-refractivity contribution in [2.75, 3.05) is 5.73 Å². The van der Waals surface area contributed by atoms with Crippen LogP contribution in [0.25, 0.3) is 11.2 Å². The molecule has 5 heteroatoms. The summed E-state index contributed by atoms with van der Waals surface area (Å²) in [5, 5.41) is 0. The van der Waals surface area contributed by atoms with Crippen LogP contribution in [0.3, 0.4) is 0 Å². The second kappa shape index (κ2) is 4.88. The van der Waals surface area contributed by atoms with Crippen LogP contribution in [0.2, 0.25) is 0 Å². The first-order chi connectivity index (χ1) is 7.88. The Morgan fingerprint density at radius 1 is 0.875 bits per heavy atom. The Hall–Kier alpha value is -2.43. The first kappa shape index (κ1) is 10.1. The zero-order chi connectivity index (χ0) is 11.2. The largest absolute Gasteiger partial charge is 0.382 e. The molecule has 0 radical (unpaired) electrons. The first-order valence-corrected chi connectivity index (χ1v) is 4.77. The van der Waals surface area contributed by atoms with Gasteiger partial charge in [-0.3, -0.25) is 0 Å². The SMILES string of the molecule is Nc1ncnc2nc[nH]c12.c1ccccc1. The molecule has 0 bridgehead atoms. The van der Waals surface area contributed by atoms with Crippen LogP contribution < -0.4 is 5.73 Å². The minimum absolute atomic E-state index is 0.433. The molecule has 16 heavy (non-hydrogen) atoms. The molecule has 80 valence electrons. The number of anilines is 1. The van der Waals surface area contributed by atoms with Gasteiger partial charge in [-0.1, -0.05) is 36.4 Å². The average Bonchev–Trinajstić information content (AvgIpc) is 2.82. The number of nitrogen functional groups attached to an aromatic ring is 1. The Morgan fingerprint density at radius 2 is 1.50 bits per heavy atom. The third-order valence-electron chi connectivity index (χ3n) is 1.92. The van der Waals surface area contributed by atoms with Gasteiger partial charge in [0.25, 0.3) is 0 Å². The lowest BCUT2D eigenvalue weighted by Crippen LogP contribution is -1.91. The van der Waals surface area contributed by atoms with Crippen LogP contribution in [0.4, 0.5) is 5.82 Å². The van der Waals surface area contributed by atoms with Gasteiger partial charge >= 0.3 is 0 Å². The standard InChI is InChI=1S/C6H6.C5H5N5/c1-2-4-6-5-3-1;6-4-3-5(9-1-7-3)10-2-8-4/h1-6H;1-2H,(H3,6,7,8,9,10). The molecule has 3 rings (SSSR count). The number of aromatic amines is 1. The molecule has 5 nitrogen and oxygen atoms in total. The van der Waals surface area contributed by atoms with E-state index in [0.717, 1.165) is 0 Å². The molecular weight excluding hydrogens is 202 g/mol. The summed E-state index contributed by atoms with van der Waals surface area (Å²) >= 11 is 0. The molecule has 0 amide bonds. The Bertz CT molecular complexity index is 520. The molecular formula is C11H11N5. The average molecular weight is 213 g/mol. The van der Waals surface area contributed by atoms with E-state index in [1.807, 2.05) is 36.4 Å². The van der Waals surface area contributed by atoms with Crippen molar-refractivity contribution in [3.63, 3.8) is 0 Å². The topological polar surface area (TPSA) is 80.5 Å². The van der Waals surface area contributed by atoms with E-state index in [-0.39, 0.29) is 0 Å². The summed E-state index contributed by atoms with van der Waals surface area (Å²) in [5.74, 6) is 0.433. The molecule has 0 fully saturated rings. The van der Waals surface area contributed by atoms with Crippen LogP contribution in [-0.2, 0) is 0 Å². The van der Waals surface area contributed by atoms with Crippen molar-refractivity contribution in [2.24, 2.45) is 0 Å². The number of H-pyrrole nitrogens is 1. The van der Waals surface area contributed by atoms with E-state index in [2.05, 4.69) is 19.9 Å². The predicted octanol–water partition coefficient (Wildman–Crippen LogP) is 1.62. The summed E-state index contributed by atoms with van der Waals surface area (Å²) in [7, 11) is 0. The third-order valence-corrected chi connectivity index (χ3v) is 1.92. The van der Waals surface area contributed by atoms with Gasteiger partial charge in [-0.2, -0.15) is 0 Å². The molecule has 3 aromatic rings. The number of imidazole rings is 1. The van der Waals surface area contributed by atoms with Crippen molar-refractivity contribution in [2.45, 2.75) is 0 Å². The Balaban J connectivity index is 0.000000138. The minimum atomic E-state index is 0.433. The maximum Gasteiger partial charge on any atom is 0.182 e. The quantitative estimate of drug-likeness (QED) is 0.594. The van der Waals surface area contributed by atoms with Gasteiger partial charge in [0.15, 0.2) is 11.5 Å². The van der Waals surface area contributed by atoms with Gasteiger partial charge in [0.05, 0.1) is 6.33 Å². The fourth-order valence-corrected chi connectivity index (χ4v) is 1.17. The van der Waals surface area contributed by atoms with Gasteiger partial charge in [0, 0.05) is 0 Å². The lowest BCUT2D eigenvalue weighted by molar-refractivity contribution is 1.21. The van der Waals surface area contributed by atoms with Crippen LogP contribution >= 0.6 is 0 Å². The Labute approximate surface area is 92.4 Å². The fourth-order valence-electron chi connectivity index (χ4n) is 1.17. The highest BCUT2D eigenvalue weighted by Gasteiger charge is 1.99. The van der Waals surface area contributed by atoms with Crippen molar-refractivity contribution in [3.05, 3.63) is 49.1 Å². The van der Waals surface area contributed by atoms with Crippen LogP contribution in [0.1, 0.15) is 0 Å². The summed E-state index contributed by atoms with van der Waals surface area (Å²) in [6, 6.07) is 12.0. The van der Waals surface area contributed by atoms with Gasteiger partial charge in [-0.25, -0.2) is 15.0 Å².